The van der Waals surface area contributed by atoms with E-state index in [1.54, 1.807) is 0 Å². The van der Waals surface area contributed by atoms with Crippen molar-refractivity contribution in [2.75, 3.05) is 11.9 Å². The molecule has 1 aromatic carbocycles. The Morgan fingerprint density at radius 3 is 2.94 bits per heavy atom. The van der Waals surface area contributed by atoms with Crippen LogP contribution in [0, 0.1) is 0 Å². The molecule has 0 atom stereocenters. The Morgan fingerprint density at radius 2 is 2.06 bits per heavy atom. The number of hydrogen-bond acceptors (Lipinski definition) is 2. The first kappa shape index (κ1) is 12.2. The van der Waals surface area contributed by atoms with Crippen molar-refractivity contribution in [1.82, 2.24) is 0 Å². The highest BCUT2D eigenvalue weighted by atomic mass is 15.0. The van der Waals surface area contributed by atoms with Gasteiger partial charge in [0.15, 0.2) is 0 Å². The fraction of sp³-hybridized carbons (Fsp3) is 0.533. The van der Waals surface area contributed by atoms with Gasteiger partial charge in [-0.2, -0.15) is 0 Å². The van der Waals surface area contributed by atoms with Gasteiger partial charge in [-0.05, 0) is 30.9 Å². The molecule has 0 fully saturated rings. The van der Waals surface area contributed by atoms with E-state index in [1.165, 1.54) is 42.8 Å². The van der Waals surface area contributed by atoms with Crippen LogP contribution in [0.1, 0.15) is 44.6 Å². The summed E-state index contributed by atoms with van der Waals surface area (Å²) in [6, 6.07) is 8.59. The fourth-order valence-electron chi connectivity index (χ4n) is 2.26. The summed E-state index contributed by atoms with van der Waals surface area (Å²) < 4.78 is 0. The van der Waals surface area contributed by atoms with Crippen LogP contribution in [0.4, 0.5) is 5.69 Å². The maximum atomic E-state index is 4.63. The van der Waals surface area contributed by atoms with Gasteiger partial charge in [0.2, 0.25) is 0 Å². The molecule has 0 spiro atoms. The van der Waals surface area contributed by atoms with Crippen LogP contribution in [0.2, 0.25) is 0 Å². The molecule has 1 aromatic rings. The largest absolute Gasteiger partial charge is 0.344 e. The van der Waals surface area contributed by atoms with E-state index in [0.29, 0.717) is 0 Å². The van der Waals surface area contributed by atoms with Crippen LogP contribution in [0.3, 0.4) is 0 Å². The smallest absolute Gasteiger partial charge is 0.101 e. The molecule has 2 heteroatoms. The molecule has 0 aliphatic carbocycles. The van der Waals surface area contributed by atoms with Crippen molar-refractivity contribution in [2.45, 2.75) is 45.4 Å². The van der Waals surface area contributed by atoms with E-state index < -0.39 is 0 Å². The monoisotopic (exact) mass is 230 g/mol. The molecule has 92 valence electrons. The minimum Gasteiger partial charge on any atom is -0.344 e. The van der Waals surface area contributed by atoms with Gasteiger partial charge in [-0.25, -0.2) is 0 Å². The highest BCUT2D eigenvalue weighted by Gasteiger charge is 2.06. The number of anilines is 1. The van der Waals surface area contributed by atoms with E-state index in [0.717, 1.165) is 19.4 Å². The van der Waals surface area contributed by atoms with E-state index >= 15 is 0 Å². The van der Waals surface area contributed by atoms with Crippen molar-refractivity contribution in [1.29, 1.82) is 0 Å². The topological polar surface area (TPSA) is 24.4 Å². The predicted octanol–water partition coefficient (Wildman–Crippen LogP) is 4.02. The second-order valence-electron chi connectivity index (χ2n) is 4.67. The Labute approximate surface area is 104 Å². The molecule has 0 bridgehead atoms. The van der Waals surface area contributed by atoms with Crippen LogP contribution in [-0.4, -0.2) is 12.4 Å². The van der Waals surface area contributed by atoms with Gasteiger partial charge >= 0.3 is 0 Å². The summed E-state index contributed by atoms with van der Waals surface area (Å²) >= 11 is 0. The number of amidine groups is 1. The molecule has 2 nitrogen and oxygen atoms in total. The molecule has 0 aromatic heterocycles. The molecule has 1 aliphatic rings. The number of benzene rings is 1. The molecule has 1 N–H and O–H groups in total. The summed E-state index contributed by atoms with van der Waals surface area (Å²) in [5.74, 6) is 1.17. The lowest BCUT2D eigenvalue weighted by Crippen LogP contribution is -2.13. The molecule has 1 aliphatic heterocycles. The number of nitrogens with one attached hydrogen (secondary N) is 1. The van der Waals surface area contributed by atoms with Crippen molar-refractivity contribution >= 4 is 11.5 Å². The number of aryl methyl sites for hydroxylation is 1. The zero-order valence-electron chi connectivity index (χ0n) is 10.7. The van der Waals surface area contributed by atoms with Crippen molar-refractivity contribution in [3.05, 3.63) is 29.8 Å². The third kappa shape index (κ3) is 3.58. The van der Waals surface area contributed by atoms with Gasteiger partial charge in [0.25, 0.3) is 0 Å². The quantitative estimate of drug-likeness (QED) is 0.833. The summed E-state index contributed by atoms with van der Waals surface area (Å²) in [5, 5.41) is 3.52. The number of rotatable bonds is 3. The predicted molar refractivity (Wildman–Crippen MR) is 74.8 cm³/mol. The molecule has 0 saturated carbocycles. The maximum Gasteiger partial charge on any atom is 0.101 e. The molecular formula is C15H22N2. The van der Waals surface area contributed by atoms with Crippen molar-refractivity contribution in [3.63, 3.8) is 0 Å². The SMILES string of the molecule is CCCc1ccccc1NC1=NCCCCC1. The van der Waals surface area contributed by atoms with Gasteiger partial charge in [-0.15, -0.1) is 0 Å². The second kappa shape index (κ2) is 6.43. The zero-order valence-corrected chi connectivity index (χ0v) is 10.7. The van der Waals surface area contributed by atoms with Gasteiger partial charge in [0, 0.05) is 18.7 Å². The minimum absolute atomic E-state index is 0.984. The first-order valence-corrected chi connectivity index (χ1v) is 6.78. The molecule has 2 rings (SSSR count). The van der Waals surface area contributed by atoms with Crippen molar-refractivity contribution in [3.8, 4) is 0 Å². The summed E-state index contributed by atoms with van der Waals surface area (Å²) in [6.45, 7) is 3.21. The second-order valence-corrected chi connectivity index (χ2v) is 4.67. The number of hydrogen-bond donors (Lipinski definition) is 1. The van der Waals surface area contributed by atoms with Crippen LogP contribution < -0.4 is 5.32 Å². The van der Waals surface area contributed by atoms with Crippen LogP contribution in [0.5, 0.6) is 0 Å². The summed E-state index contributed by atoms with van der Waals surface area (Å²) in [5.41, 5.74) is 2.65. The zero-order chi connectivity index (χ0) is 11.9. The molecular weight excluding hydrogens is 208 g/mol. The van der Waals surface area contributed by atoms with Crippen LogP contribution >= 0.6 is 0 Å². The average molecular weight is 230 g/mol. The lowest BCUT2D eigenvalue weighted by Gasteiger charge is -2.12. The normalized spacial score (nSPS) is 16.2. The Balaban J connectivity index is 2.08. The summed E-state index contributed by atoms with van der Waals surface area (Å²) in [7, 11) is 0. The van der Waals surface area contributed by atoms with Gasteiger partial charge in [0.05, 0.1) is 0 Å². The first-order chi connectivity index (χ1) is 8.40. The number of para-hydroxylation sites is 1. The fourth-order valence-corrected chi connectivity index (χ4v) is 2.26. The highest BCUT2D eigenvalue weighted by Crippen LogP contribution is 2.18. The minimum atomic E-state index is 0.984. The molecule has 17 heavy (non-hydrogen) atoms. The van der Waals surface area contributed by atoms with E-state index in [1.807, 2.05) is 0 Å². The highest BCUT2D eigenvalue weighted by molar-refractivity contribution is 5.96. The van der Waals surface area contributed by atoms with Crippen molar-refractivity contribution < 1.29 is 0 Å². The number of nitrogens with zero attached hydrogens (tertiary/aromatic N) is 1. The van der Waals surface area contributed by atoms with Crippen LogP contribution in [0.15, 0.2) is 29.3 Å². The Kier molecular flexibility index (Phi) is 4.60. The van der Waals surface area contributed by atoms with E-state index in [9.17, 15) is 0 Å². The van der Waals surface area contributed by atoms with Gasteiger partial charge in [-0.3, -0.25) is 4.99 Å². The Hall–Kier alpha value is -1.31. The van der Waals surface area contributed by atoms with Crippen molar-refractivity contribution in [2.24, 2.45) is 4.99 Å². The standard InChI is InChI=1S/C15H22N2/c1-2-8-13-9-5-6-10-14(13)17-15-11-4-3-7-12-16-15/h5-6,9-10H,2-4,7-8,11-12H2,1H3,(H,16,17). The lowest BCUT2D eigenvalue weighted by molar-refractivity contribution is 0.731. The summed E-state index contributed by atoms with van der Waals surface area (Å²) in [6.07, 6.45) is 7.23. The third-order valence-electron chi connectivity index (χ3n) is 3.19. The summed E-state index contributed by atoms with van der Waals surface area (Å²) in [4.78, 5) is 4.63. The molecule has 0 radical (unpaired) electrons. The van der Waals surface area contributed by atoms with Crippen LogP contribution in [-0.2, 0) is 6.42 Å². The molecule has 1 heterocycles. The Morgan fingerprint density at radius 1 is 1.18 bits per heavy atom. The number of aliphatic imine (C=N–C) groups is 1. The van der Waals surface area contributed by atoms with E-state index in [-0.39, 0.29) is 0 Å². The van der Waals surface area contributed by atoms with Gasteiger partial charge < -0.3 is 5.32 Å². The average Bonchev–Trinajstić information content (AvgIpc) is 2.61. The molecule has 0 amide bonds. The molecule has 0 saturated heterocycles. The van der Waals surface area contributed by atoms with E-state index in [4.69, 9.17) is 0 Å². The van der Waals surface area contributed by atoms with Crippen LogP contribution in [0.25, 0.3) is 0 Å². The molecule has 0 unspecified atom stereocenters. The maximum absolute atomic E-state index is 4.63. The lowest BCUT2D eigenvalue weighted by atomic mass is 10.1. The van der Waals surface area contributed by atoms with Gasteiger partial charge in [-0.1, -0.05) is 38.0 Å². The van der Waals surface area contributed by atoms with Gasteiger partial charge in [0.1, 0.15) is 5.84 Å². The van der Waals surface area contributed by atoms with E-state index in [2.05, 4.69) is 41.5 Å². The first-order valence-electron chi connectivity index (χ1n) is 6.78. The Bertz CT molecular complexity index is 382. The third-order valence-corrected chi connectivity index (χ3v) is 3.19.